The summed E-state index contributed by atoms with van der Waals surface area (Å²) < 4.78 is 17.6. The third kappa shape index (κ3) is 6.35. The topological polar surface area (TPSA) is 69.0 Å². The van der Waals surface area contributed by atoms with Gasteiger partial charge in [-0.2, -0.15) is 0 Å². The number of furan rings is 1. The summed E-state index contributed by atoms with van der Waals surface area (Å²) >= 11 is 0. The molecule has 0 fully saturated rings. The van der Waals surface area contributed by atoms with E-state index in [1.807, 2.05) is 65.0 Å². The van der Waals surface area contributed by atoms with Gasteiger partial charge in [0.05, 0.1) is 5.56 Å². The number of ether oxygens (including phenoxy) is 2. The van der Waals surface area contributed by atoms with Crippen molar-refractivity contribution in [1.82, 2.24) is 4.90 Å². The molecule has 0 saturated carbocycles. The first-order valence-electron chi connectivity index (χ1n) is 12.9. The first-order valence-corrected chi connectivity index (χ1v) is 12.9. The van der Waals surface area contributed by atoms with Crippen LogP contribution < -0.4 is 4.74 Å². The van der Waals surface area contributed by atoms with E-state index in [0.29, 0.717) is 34.5 Å². The number of esters is 1. The zero-order valence-electron chi connectivity index (χ0n) is 22.6. The quantitative estimate of drug-likeness (QED) is 0.223. The monoisotopic (exact) mass is 493 g/mol. The number of aryl methyl sites for hydroxylation is 2. The zero-order valence-corrected chi connectivity index (χ0v) is 22.6. The molecule has 0 N–H and O–H groups in total. The Labute approximate surface area is 214 Å². The Bertz CT molecular complexity index is 1180. The Kier molecular flexibility index (Phi) is 9.32. The largest absolute Gasteiger partial charge is 0.492 e. The van der Waals surface area contributed by atoms with Crippen LogP contribution in [0.15, 0.2) is 40.8 Å². The second-order valence-corrected chi connectivity index (χ2v) is 9.66. The lowest BCUT2D eigenvalue weighted by molar-refractivity contribution is -0.149. The van der Waals surface area contributed by atoms with Crippen LogP contribution in [-0.2, 0) is 16.0 Å². The minimum absolute atomic E-state index is 0.0999. The fraction of sp³-hybridized carbons (Fsp3) is 0.467. The molecule has 1 aromatic heterocycles. The van der Waals surface area contributed by atoms with Gasteiger partial charge in [0.1, 0.15) is 36.2 Å². The second kappa shape index (κ2) is 12.2. The second-order valence-electron chi connectivity index (χ2n) is 9.66. The van der Waals surface area contributed by atoms with Gasteiger partial charge in [-0.15, -0.1) is 0 Å². The predicted octanol–water partition coefficient (Wildman–Crippen LogP) is 6.13. The molecular formula is C30H39NO5. The van der Waals surface area contributed by atoms with Crippen molar-refractivity contribution >= 4 is 22.7 Å². The van der Waals surface area contributed by atoms with Gasteiger partial charge in [-0.3, -0.25) is 9.59 Å². The SMILES string of the molecule is CCN(CC)CCOc1c(C)cc(C(=O)c2c(CC(=O)O[C@@H](C)C(C)C)oc3ccccc23)cc1C. The molecule has 3 aromatic rings. The molecule has 36 heavy (non-hydrogen) atoms. The van der Waals surface area contributed by atoms with Crippen LogP contribution in [0.3, 0.4) is 0 Å². The molecule has 0 unspecified atom stereocenters. The van der Waals surface area contributed by atoms with E-state index in [1.54, 1.807) is 6.07 Å². The van der Waals surface area contributed by atoms with Crippen molar-refractivity contribution in [2.75, 3.05) is 26.2 Å². The summed E-state index contributed by atoms with van der Waals surface area (Å²) in [4.78, 5) is 28.7. The van der Waals surface area contributed by atoms with E-state index in [4.69, 9.17) is 13.9 Å². The fourth-order valence-corrected chi connectivity index (χ4v) is 4.26. The number of rotatable bonds is 12. The normalized spacial score (nSPS) is 12.4. The number of ketones is 1. The Morgan fingerprint density at radius 3 is 2.25 bits per heavy atom. The summed E-state index contributed by atoms with van der Waals surface area (Å²) in [6.07, 6.45) is -0.322. The number of hydrogen-bond donors (Lipinski definition) is 0. The molecule has 0 amide bonds. The van der Waals surface area contributed by atoms with Crippen molar-refractivity contribution in [1.29, 1.82) is 0 Å². The van der Waals surface area contributed by atoms with Crippen LogP contribution in [0.2, 0.25) is 0 Å². The van der Waals surface area contributed by atoms with Gasteiger partial charge in [0, 0.05) is 17.5 Å². The van der Waals surface area contributed by atoms with Gasteiger partial charge in [0.2, 0.25) is 0 Å². The first-order chi connectivity index (χ1) is 17.2. The average Bonchev–Trinajstić information content (AvgIpc) is 3.20. The van der Waals surface area contributed by atoms with Crippen molar-refractivity contribution in [2.24, 2.45) is 5.92 Å². The molecule has 1 heterocycles. The molecule has 0 spiro atoms. The number of para-hydroxylation sites is 1. The minimum atomic E-state index is -0.409. The summed E-state index contributed by atoms with van der Waals surface area (Å²) in [5.41, 5.74) is 3.33. The summed E-state index contributed by atoms with van der Waals surface area (Å²) in [6, 6.07) is 11.1. The van der Waals surface area contributed by atoms with E-state index in [1.165, 1.54) is 0 Å². The van der Waals surface area contributed by atoms with Gasteiger partial charge in [-0.25, -0.2) is 0 Å². The lowest BCUT2D eigenvalue weighted by atomic mass is 9.96. The molecule has 0 aliphatic heterocycles. The van der Waals surface area contributed by atoms with E-state index in [2.05, 4.69) is 18.7 Å². The number of carbonyl (C=O) groups is 2. The maximum Gasteiger partial charge on any atom is 0.313 e. The minimum Gasteiger partial charge on any atom is -0.492 e. The average molecular weight is 494 g/mol. The smallest absolute Gasteiger partial charge is 0.313 e. The van der Waals surface area contributed by atoms with Crippen LogP contribution in [0.4, 0.5) is 0 Å². The first kappa shape index (κ1) is 27.5. The van der Waals surface area contributed by atoms with Crippen molar-refractivity contribution in [2.45, 2.75) is 61.0 Å². The zero-order chi connectivity index (χ0) is 26.4. The Hall–Kier alpha value is -3.12. The van der Waals surface area contributed by atoms with Gasteiger partial charge < -0.3 is 18.8 Å². The molecule has 0 bridgehead atoms. The van der Waals surface area contributed by atoms with E-state index in [-0.39, 0.29) is 24.2 Å². The Morgan fingerprint density at radius 1 is 1.00 bits per heavy atom. The van der Waals surface area contributed by atoms with Crippen molar-refractivity contribution in [3.8, 4) is 5.75 Å². The number of hydrogen-bond acceptors (Lipinski definition) is 6. The highest BCUT2D eigenvalue weighted by Gasteiger charge is 2.26. The summed E-state index contributed by atoms with van der Waals surface area (Å²) in [7, 11) is 0. The molecule has 0 aliphatic carbocycles. The van der Waals surface area contributed by atoms with Crippen LogP contribution in [0, 0.1) is 19.8 Å². The van der Waals surface area contributed by atoms with Gasteiger partial charge in [-0.1, -0.05) is 45.9 Å². The molecule has 0 aliphatic rings. The molecule has 2 aromatic carbocycles. The lowest BCUT2D eigenvalue weighted by Crippen LogP contribution is -2.28. The third-order valence-corrected chi connectivity index (χ3v) is 6.73. The number of likely N-dealkylation sites (N-methyl/N-ethyl adjacent to an activating group) is 1. The van der Waals surface area contributed by atoms with E-state index in [9.17, 15) is 9.59 Å². The van der Waals surface area contributed by atoms with Crippen molar-refractivity contribution < 1.29 is 23.5 Å². The van der Waals surface area contributed by atoms with Crippen molar-refractivity contribution in [3.05, 3.63) is 64.4 Å². The number of benzene rings is 2. The highest BCUT2D eigenvalue weighted by Crippen LogP contribution is 2.31. The molecule has 6 nitrogen and oxygen atoms in total. The highest BCUT2D eigenvalue weighted by atomic mass is 16.5. The molecule has 6 heteroatoms. The summed E-state index contributed by atoms with van der Waals surface area (Å²) in [5, 5.41) is 0.692. The standard InChI is InChI=1S/C30H39NO5/c1-8-31(9-2)14-15-34-30-20(5)16-23(17-21(30)6)29(33)28-24-12-10-11-13-25(24)36-26(28)18-27(32)35-22(7)19(3)4/h10-13,16-17,19,22H,8-9,14-15,18H2,1-7H3/t22-/m0/s1. The van der Waals surface area contributed by atoms with Gasteiger partial charge >= 0.3 is 5.97 Å². The highest BCUT2D eigenvalue weighted by molar-refractivity contribution is 6.17. The van der Waals surface area contributed by atoms with Gasteiger partial charge in [-0.05, 0) is 69.1 Å². The fourth-order valence-electron chi connectivity index (χ4n) is 4.26. The molecule has 0 saturated heterocycles. The summed E-state index contributed by atoms with van der Waals surface area (Å²) in [5.74, 6) is 0.748. The van der Waals surface area contributed by atoms with Crippen LogP contribution in [-0.4, -0.2) is 49.0 Å². The number of fused-ring (bicyclic) bond motifs is 1. The van der Waals surface area contributed by atoms with Gasteiger partial charge in [0.15, 0.2) is 5.78 Å². The van der Waals surface area contributed by atoms with Crippen LogP contribution in [0.25, 0.3) is 11.0 Å². The van der Waals surface area contributed by atoms with E-state index in [0.717, 1.165) is 36.5 Å². The third-order valence-electron chi connectivity index (χ3n) is 6.73. The molecule has 1 atom stereocenters. The van der Waals surface area contributed by atoms with Crippen LogP contribution in [0.5, 0.6) is 5.75 Å². The van der Waals surface area contributed by atoms with Crippen molar-refractivity contribution in [3.63, 3.8) is 0 Å². The molecular weight excluding hydrogens is 454 g/mol. The van der Waals surface area contributed by atoms with E-state index < -0.39 is 5.97 Å². The Balaban J connectivity index is 1.89. The molecule has 3 rings (SSSR count). The maximum absolute atomic E-state index is 13.8. The number of nitrogens with zero attached hydrogens (tertiary/aromatic N) is 1. The molecule has 0 radical (unpaired) electrons. The number of carbonyl (C=O) groups excluding carboxylic acids is 2. The van der Waals surface area contributed by atoms with E-state index >= 15 is 0 Å². The molecule has 194 valence electrons. The Morgan fingerprint density at radius 2 is 1.64 bits per heavy atom. The lowest BCUT2D eigenvalue weighted by Gasteiger charge is -2.19. The van der Waals surface area contributed by atoms with Gasteiger partial charge in [0.25, 0.3) is 0 Å². The van der Waals surface area contributed by atoms with Crippen LogP contribution in [0.1, 0.15) is 67.4 Å². The predicted molar refractivity (Wildman–Crippen MR) is 143 cm³/mol. The maximum atomic E-state index is 13.8. The van der Waals surface area contributed by atoms with Crippen LogP contribution >= 0.6 is 0 Å². The summed E-state index contributed by atoms with van der Waals surface area (Å²) in [6.45, 7) is 17.4.